The first-order valence-electron chi connectivity index (χ1n) is 6.15. The summed E-state index contributed by atoms with van der Waals surface area (Å²) in [4.78, 5) is 23.7. The zero-order valence-electron chi connectivity index (χ0n) is 12.1. The van der Waals surface area contributed by atoms with Crippen molar-refractivity contribution in [3.8, 4) is 0 Å². The Labute approximate surface area is 118 Å². The first-order chi connectivity index (χ1) is 9.40. The number of ether oxygens (including phenoxy) is 2. The fourth-order valence-corrected chi connectivity index (χ4v) is 1.82. The summed E-state index contributed by atoms with van der Waals surface area (Å²) < 4.78 is 9.51. The predicted octanol–water partition coefficient (Wildman–Crippen LogP) is 0.803. The van der Waals surface area contributed by atoms with Gasteiger partial charge >= 0.3 is 5.97 Å². The molecule has 0 radical (unpaired) electrons. The van der Waals surface area contributed by atoms with Gasteiger partial charge in [-0.05, 0) is 37.1 Å². The topological polar surface area (TPSA) is 90.6 Å². The molecule has 0 heterocycles. The smallest absolute Gasteiger partial charge is 0.330 e. The van der Waals surface area contributed by atoms with Gasteiger partial charge < -0.3 is 20.5 Å². The number of hydrogen-bond acceptors (Lipinski definition) is 5. The molecule has 0 aromatic heterocycles. The molecule has 0 saturated carbocycles. The van der Waals surface area contributed by atoms with Gasteiger partial charge in [0.25, 0.3) is 5.91 Å². The van der Waals surface area contributed by atoms with E-state index in [0.717, 1.165) is 11.1 Å². The van der Waals surface area contributed by atoms with E-state index in [0.29, 0.717) is 11.3 Å². The van der Waals surface area contributed by atoms with Crippen molar-refractivity contribution >= 4 is 17.6 Å². The van der Waals surface area contributed by atoms with Crippen LogP contribution in [0.2, 0.25) is 0 Å². The molecule has 6 nitrogen and oxygen atoms in total. The van der Waals surface area contributed by atoms with E-state index in [-0.39, 0.29) is 12.5 Å². The number of methoxy groups -OCH3 is 2. The number of nitrogens with one attached hydrogen (secondary N) is 1. The summed E-state index contributed by atoms with van der Waals surface area (Å²) in [6.07, 6.45) is 0. The molecule has 1 atom stereocenters. The molecule has 1 aromatic carbocycles. The SMILES string of the molecule is COC[C@@H](NC(=O)c1cc(C)c(N)c(C)c1)C(=O)OC. The van der Waals surface area contributed by atoms with Gasteiger partial charge in [0.15, 0.2) is 6.04 Å². The number of amides is 1. The minimum atomic E-state index is -0.837. The van der Waals surface area contributed by atoms with Crippen LogP contribution in [0.5, 0.6) is 0 Å². The molecule has 1 rings (SSSR count). The van der Waals surface area contributed by atoms with Crippen LogP contribution in [0.15, 0.2) is 12.1 Å². The maximum absolute atomic E-state index is 12.2. The van der Waals surface area contributed by atoms with Crippen molar-refractivity contribution in [2.24, 2.45) is 0 Å². The average Bonchev–Trinajstić information content (AvgIpc) is 2.42. The molecule has 0 aliphatic carbocycles. The van der Waals surface area contributed by atoms with Crippen molar-refractivity contribution in [3.05, 3.63) is 28.8 Å². The van der Waals surface area contributed by atoms with E-state index in [1.54, 1.807) is 12.1 Å². The molecule has 0 saturated heterocycles. The van der Waals surface area contributed by atoms with E-state index in [1.807, 2.05) is 13.8 Å². The molecule has 0 aliphatic heterocycles. The minimum absolute atomic E-state index is 0.0470. The summed E-state index contributed by atoms with van der Waals surface area (Å²) in [7, 11) is 2.70. The molecule has 3 N–H and O–H groups in total. The van der Waals surface area contributed by atoms with Crippen LogP contribution in [0.25, 0.3) is 0 Å². The third kappa shape index (κ3) is 3.71. The molecule has 0 bridgehead atoms. The fraction of sp³-hybridized carbons (Fsp3) is 0.429. The summed E-state index contributed by atoms with van der Waals surface area (Å²) in [6.45, 7) is 3.70. The van der Waals surface area contributed by atoms with Crippen LogP contribution < -0.4 is 11.1 Å². The number of anilines is 1. The standard InChI is InChI=1S/C14H20N2O4/c1-8-5-10(6-9(2)12(8)15)13(17)16-11(7-19-3)14(18)20-4/h5-6,11H,7,15H2,1-4H3,(H,16,17)/t11-/m1/s1. The highest BCUT2D eigenvalue weighted by atomic mass is 16.5. The summed E-state index contributed by atoms with van der Waals surface area (Å²) in [5.41, 5.74) is 8.58. The van der Waals surface area contributed by atoms with Crippen LogP contribution in [0.1, 0.15) is 21.5 Å². The first-order valence-corrected chi connectivity index (χ1v) is 6.15. The van der Waals surface area contributed by atoms with Crippen LogP contribution in [0.4, 0.5) is 5.69 Å². The summed E-state index contributed by atoms with van der Waals surface area (Å²) >= 11 is 0. The number of hydrogen-bond donors (Lipinski definition) is 2. The second-order valence-electron chi connectivity index (χ2n) is 4.53. The van der Waals surface area contributed by atoms with E-state index in [4.69, 9.17) is 10.5 Å². The first kappa shape index (κ1) is 16.0. The van der Waals surface area contributed by atoms with Gasteiger partial charge in [0, 0.05) is 18.4 Å². The lowest BCUT2D eigenvalue weighted by Crippen LogP contribution is -2.44. The lowest BCUT2D eigenvalue weighted by Gasteiger charge is -2.16. The Morgan fingerprint density at radius 2 is 1.80 bits per heavy atom. The molecular weight excluding hydrogens is 260 g/mol. The molecule has 0 unspecified atom stereocenters. The van der Waals surface area contributed by atoms with E-state index in [1.165, 1.54) is 14.2 Å². The Kier molecular flexibility index (Phi) is 5.52. The second-order valence-corrected chi connectivity index (χ2v) is 4.53. The molecule has 110 valence electrons. The Morgan fingerprint density at radius 1 is 1.25 bits per heavy atom. The third-order valence-electron chi connectivity index (χ3n) is 2.98. The van der Waals surface area contributed by atoms with Crippen molar-refractivity contribution in [2.45, 2.75) is 19.9 Å². The lowest BCUT2D eigenvalue weighted by molar-refractivity contribution is -0.144. The van der Waals surface area contributed by atoms with Crippen LogP contribution >= 0.6 is 0 Å². The summed E-state index contributed by atoms with van der Waals surface area (Å²) in [5, 5.41) is 2.58. The van der Waals surface area contributed by atoms with Gasteiger partial charge in [-0.1, -0.05) is 0 Å². The molecule has 20 heavy (non-hydrogen) atoms. The Hall–Kier alpha value is -2.08. The number of carbonyl (C=O) groups excluding carboxylic acids is 2. The summed E-state index contributed by atoms with van der Waals surface area (Å²) in [6, 6.07) is 2.52. The van der Waals surface area contributed by atoms with Gasteiger partial charge in [-0.15, -0.1) is 0 Å². The Bertz CT molecular complexity index is 491. The third-order valence-corrected chi connectivity index (χ3v) is 2.98. The number of rotatable bonds is 5. The number of benzene rings is 1. The number of nitrogen functional groups attached to an aromatic ring is 1. The van der Waals surface area contributed by atoms with Gasteiger partial charge in [-0.3, -0.25) is 4.79 Å². The van der Waals surface area contributed by atoms with Crippen LogP contribution in [0.3, 0.4) is 0 Å². The fourth-order valence-electron chi connectivity index (χ4n) is 1.82. The summed E-state index contributed by atoms with van der Waals surface area (Å²) in [5.74, 6) is -0.923. The lowest BCUT2D eigenvalue weighted by atomic mass is 10.0. The molecular formula is C14H20N2O4. The molecule has 1 amide bonds. The number of carbonyl (C=O) groups is 2. The monoisotopic (exact) mass is 280 g/mol. The van der Waals surface area contributed by atoms with Crippen molar-refractivity contribution in [1.29, 1.82) is 0 Å². The van der Waals surface area contributed by atoms with E-state index in [9.17, 15) is 9.59 Å². The Morgan fingerprint density at radius 3 is 2.25 bits per heavy atom. The van der Waals surface area contributed by atoms with Crippen molar-refractivity contribution in [3.63, 3.8) is 0 Å². The highest BCUT2D eigenvalue weighted by Gasteiger charge is 2.22. The quantitative estimate of drug-likeness (QED) is 0.615. The van der Waals surface area contributed by atoms with Crippen LogP contribution in [-0.2, 0) is 14.3 Å². The largest absolute Gasteiger partial charge is 0.467 e. The van der Waals surface area contributed by atoms with Gasteiger partial charge in [-0.2, -0.15) is 0 Å². The van der Waals surface area contributed by atoms with Crippen molar-refractivity contribution in [1.82, 2.24) is 5.32 Å². The van der Waals surface area contributed by atoms with Gasteiger partial charge in [0.2, 0.25) is 0 Å². The van der Waals surface area contributed by atoms with Gasteiger partial charge in [0.1, 0.15) is 0 Å². The zero-order valence-corrected chi connectivity index (χ0v) is 12.1. The number of nitrogens with two attached hydrogens (primary N) is 1. The van der Waals surface area contributed by atoms with Crippen molar-refractivity contribution < 1.29 is 19.1 Å². The van der Waals surface area contributed by atoms with E-state index < -0.39 is 12.0 Å². The van der Waals surface area contributed by atoms with Crippen molar-refractivity contribution in [2.75, 3.05) is 26.6 Å². The highest BCUT2D eigenvalue weighted by molar-refractivity contribution is 5.97. The average molecular weight is 280 g/mol. The molecule has 0 fully saturated rings. The van der Waals surface area contributed by atoms with Crippen LogP contribution in [0, 0.1) is 13.8 Å². The zero-order chi connectivity index (χ0) is 15.3. The Balaban J connectivity index is 2.91. The molecule has 0 aliphatic rings. The molecule has 1 aromatic rings. The normalized spacial score (nSPS) is 11.8. The maximum atomic E-state index is 12.2. The second kappa shape index (κ2) is 6.91. The van der Waals surface area contributed by atoms with Crippen LogP contribution in [-0.4, -0.2) is 38.7 Å². The number of aryl methyl sites for hydroxylation is 2. The minimum Gasteiger partial charge on any atom is -0.467 e. The van der Waals surface area contributed by atoms with Gasteiger partial charge in [-0.25, -0.2) is 4.79 Å². The van der Waals surface area contributed by atoms with E-state index in [2.05, 4.69) is 10.1 Å². The van der Waals surface area contributed by atoms with E-state index >= 15 is 0 Å². The number of esters is 1. The molecule has 0 spiro atoms. The highest BCUT2D eigenvalue weighted by Crippen LogP contribution is 2.18. The molecule has 6 heteroatoms. The van der Waals surface area contributed by atoms with Gasteiger partial charge in [0.05, 0.1) is 13.7 Å². The maximum Gasteiger partial charge on any atom is 0.330 e. The predicted molar refractivity (Wildman–Crippen MR) is 75.5 cm³/mol.